The van der Waals surface area contributed by atoms with Gasteiger partial charge in [0.1, 0.15) is 5.82 Å². The number of carbonyl (C=O) groups is 1. The molecule has 98 valence electrons. The van der Waals surface area contributed by atoms with Crippen LogP contribution in [0.2, 0.25) is 5.02 Å². The lowest BCUT2D eigenvalue weighted by Gasteiger charge is -2.09. The molecule has 2 aromatic rings. The number of anilines is 2. The molecule has 0 aliphatic carbocycles. The maximum Gasteiger partial charge on any atom is 0.257 e. The van der Waals surface area contributed by atoms with E-state index in [-0.39, 0.29) is 10.7 Å². The molecule has 0 saturated carbocycles. The Morgan fingerprint density at radius 2 is 2.00 bits per heavy atom. The SMILES string of the molecule is Cc1ccc(C(=O)Nc2cc(F)ccc2Cl)c(N)c1. The molecule has 0 aromatic heterocycles. The summed E-state index contributed by atoms with van der Waals surface area (Å²) in [6.07, 6.45) is 0. The Morgan fingerprint density at radius 3 is 2.68 bits per heavy atom. The van der Waals surface area contributed by atoms with Crippen LogP contribution in [0.3, 0.4) is 0 Å². The monoisotopic (exact) mass is 278 g/mol. The molecule has 5 heteroatoms. The summed E-state index contributed by atoms with van der Waals surface area (Å²) in [4.78, 5) is 12.0. The average Bonchev–Trinajstić information content (AvgIpc) is 2.33. The number of hydrogen-bond acceptors (Lipinski definition) is 2. The normalized spacial score (nSPS) is 10.3. The number of nitrogens with one attached hydrogen (secondary N) is 1. The number of nitrogens with two attached hydrogens (primary N) is 1. The van der Waals surface area contributed by atoms with Crippen LogP contribution in [0, 0.1) is 12.7 Å². The number of rotatable bonds is 2. The van der Waals surface area contributed by atoms with Gasteiger partial charge in [-0.2, -0.15) is 0 Å². The van der Waals surface area contributed by atoms with E-state index in [9.17, 15) is 9.18 Å². The van der Waals surface area contributed by atoms with Crippen molar-refractivity contribution < 1.29 is 9.18 Å². The summed E-state index contributed by atoms with van der Waals surface area (Å²) in [5, 5.41) is 2.80. The average molecular weight is 279 g/mol. The van der Waals surface area contributed by atoms with Crippen LogP contribution in [0.15, 0.2) is 36.4 Å². The minimum absolute atomic E-state index is 0.214. The highest BCUT2D eigenvalue weighted by Gasteiger charge is 2.12. The summed E-state index contributed by atoms with van der Waals surface area (Å²) < 4.78 is 13.1. The van der Waals surface area contributed by atoms with Gasteiger partial charge in [0.05, 0.1) is 16.3 Å². The molecule has 0 aliphatic heterocycles. The molecule has 2 rings (SSSR count). The minimum Gasteiger partial charge on any atom is -0.398 e. The van der Waals surface area contributed by atoms with Crippen molar-refractivity contribution >= 4 is 28.9 Å². The van der Waals surface area contributed by atoms with Gasteiger partial charge in [0.25, 0.3) is 5.91 Å². The standard InChI is InChI=1S/C14H12ClFN2O/c1-8-2-4-10(12(17)6-8)14(19)18-13-7-9(16)3-5-11(13)15/h2-7H,17H2,1H3,(H,18,19). The summed E-state index contributed by atoms with van der Waals surface area (Å²) in [5.74, 6) is -0.901. The van der Waals surface area contributed by atoms with Gasteiger partial charge in [-0.25, -0.2) is 4.39 Å². The topological polar surface area (TPSA) is 55.1 Å². The lowest BCUT2D eigenvalue weighted by atomic mass is 10.1. The first-order valence-corrected chi connectivity index (χ1v) is 5.97. The van der Waals surface area contributed by atoms with E-state index in [1.54, 1.807) is 18.2 Å². The van der Waals surface area contributed by atoms with Crippen LogP contribution in [0.1, 0.15) is 15.9 Å². The molecule has 3 N–H and O–H groups in total. The summed E-state index contributed by atoms with van der Waals surface area (Å²) in [7, 11) is 0. The molecule has 0 unspecified atom stereocenters. The minimum atomic E-state index is -0.475. The number of aryl methyl sites for hydroxylation is 1. The third kappa shape index (κ3) is 3.03. The smallest absolute Gasteiger partial charge is 0.257 e. The molecule has 1 amide bonds. The van der Waals surface area contributed by atoms with Gasteiger partial charge in [-0.1, -0.05) is 17.7 Å². The molecule has 3 nitrogen and oxygen atoms in total. The van der Waals surface area contributed by atoms with Crippen LogP contribution >= 0.6 is 11.6 Å². The zero-order valence-corrected chi connectivity index (χ0v) is 11.0. The molecule has 0 heterocycles. The van der Waals surface area contributed by atoms with Crippen LogP contribution in [-0.4, -0.2) is 5.91 Å². The molecule has 0 atom stereocenters. The van der Waals surface area contributed by atoms with Gasteiger partial charge < -0.3 is 11.1 Å². The molecule has 0 saturated heterocycles. The van der Waals surface area contributed by atoms with Gasteiger partial charge in [0.2, 0.25) is 0 Å². The Hall–Kier alpha value is -2.07. The summed E-state index contributed by atoms with van der Waals surface area (Å²) in [6.45, 7) is 1.88. The van der Waals surface area contributed by atoms with Crippen LogP contribution in [-0.2, 0) is 0 Å². The number of benzene rings is 2. The van der Waals surface area contributed by atoms with E-state index in [4.69, 9.17) is 17.3 Å². The predicted octanol–water partition coefficient (Wildman–Crippen LogP) is 3.62. The van der Waals surface area contributed by atoms with E-state index < -0.39 is 11.7 Å². The Kier molecular flexibility index (Phi) is 3.71. The van der Waals surface area contributed by atoms with Crippen LogP contribution in [0.5, 0.6) is 0 Å². The highest BCUT2D eigenvalue weighted by molar-refractivity contribution is 6.34. The number of amides is 1. The van der Waals surface area contributed by atoms with Gasteiger partial charge in [-0.3, -0.25) is 4.79 Å². The fourth-order valence-electron chi connectivity index (χ4n) is 1.67. The van der Waals surface area contributed by atoms with Gasteiger partial charge in [-0.05, 0) is 42.8 Å². The van der Waals surface area contributed by atoms with E-state index in [0.29, 0.717) is 11.3 Å². The Balaban J connectivity index is 2.28. The van der Waals surface area contributed by atoms with Crippen molar-refractivity contribution in [3.05, 3.63) is 58.4 Å². The maximum absolute atomic E-state index is 13.1. The molecule has 0 fully saturated rings. The second-order valence-electron chi connectivity index (χ2n) is 4.17. The van der Waals surface area contributed by atoms with Crippen molar-refractivity contribution in [2.75, 3.05) is 11.1 Å². The fraction of sp³-hybridized carbons (Fsp3) is 0.0714. The molecule has 0 aliphatic rings. The molecule has 19 heavy (non-hydrogen) atoms. The summed E-state index contributed by atoms with van der Waals surface area (Å²) in [6, 6.07) is 8.85. The third-order valence-corrected chi connectivity index (χ3v) is 2.96. The molecular formula is C14H12ClFN2O. The van der Waals surface area contributed by atoms with Gasteiger partial charge in [-0.15, -0.1) is 0 Å². The van der Waals surface area contributed by atoms with Crippen LogP contribution < -0.4 is 11.1 Å². The molecule has 0 radical (unpaired) electrons. The highest BCUT2D eigenvalue weighted by Crippen LogP contribution is 2.24. The number of carbonyl (C=O) groups excluding carboxylic acids is 1. The largest absolute Gasteiger partial charge is 0.398 e. The number of hydrogen-bond donors (Lipinski definition) is 2. The highest BCUT2D eigenvalue weighted by atomic mass is 35.5. The number of halogens is 2. The Labute approximate surface area is 115 Å². The first kappa shape index (κ1) is 13.4. The lowest BCUT2D eigenvalue weighted by molar-refractivity contribution is 0.102. The van der Waals surface area contributed by atoms with E-state index in [1.165, 1.54) is 12.1 Å². The van der Waals surface area contributed by atoms with E-state index in [2.05, 4.69) is 5.32 Å². The zero-order valence-electron chi connectivity index (χ0n) is 10.2. The first-order valence-electron chi connectivity index (χ1n) is 5.60. The Bertz CT molecular complexity index is 643. The third-order valence-electron chi connectivity index (χ3n) is 2.63. The predicted molar refractivity (Wildman–Crippen MR) is 75.0 cm³/mol. The maximum atomic E-state index is 13.1. The quantitative estimate of drug-likeness (QED) is 0.824. The zero-order chi connectivity index (χ0) is 14.0. The number of nitrogen functional groups attached to an aromatic ring is 1. The van der Waals surface area contributed by atoms with Gasteiger partial charge in [0, 0.05) is 5.69 Å². The summed E-state index contributed by atoms with van der Waals surface area (Å²) in [5.41, 5.74) is 7.64. The lowest BCUT2D eigenvalue weighted by Crippen LogP contribution is -2.14. The van der Waals surface area contributed by atoms with Crippen molar-refractivity contribution in [2.45, 2.75) is 6.92 Å². The van der Waals surface area contributed by atoms with Crippen molar-refractivity contribution in [2.24, 2.45) is 0 Å². The van der Waals surface area contributed by atoms with Crippen LogP contribution in [0.4, 0.5) is 15.8 Å². The second kappa shape index (κ2) is 5.28. The van der Waals surface area contributed by atoms with Crippen LogP contribution in [0.25, 0.3) is 0 Å². The van der Waals surface area contributed by atoms with E-state index in [0.717, 1.165) is 11.6 Å². The van der Waals surface area contributed by atoms with Crippen molar-refractivity contribution in [1.29, 1.82) is 0 Å². The first-order chi connectivity index (χ1) is 8.97. The van der Waals surface area contributed by atoms with E-state index >= 15 is 0 Å². The van der Waals surface area contributed by atoms with Crippen molar-refractivity contribution in [3.8, 4) is 0 Å². The summed E-state index contributed by atoms with van der Waals surface area (Å²) >= 11 is 5.88. The molecular weight excluding hydrogens is 267 g/mol. The molecule has 0 bridgehead atoms. The van der Waals surface area contributed by atoms with Crippen molar-refractivity contribution in [1.82, 2.24) is 0 Å². The van der Waals surface area contributed by atoms with E-state index in [1.807, 2.05) is 6.92 Å². The Morgan fingerprint density at radius 1 is 1.26 bits per heavy atom. The second-order valence-corrected chi connectivity index (χ2v) is 4.58. The van der Waals surface area contributed by atoms with Gasteiger partial charge in [0.15, 0.2) is 0 Å². The molecule has 2 aromatic carbocycles. The molecule has 0 spiro atoms. The van der Waals surface area contributed by atoms with Gasteiger partial charge >= 0.3 is 0 Å². The fourth-order valence-corrected chi connectivity index (χ4v) is 1.84. The van der Waals surface area contributed by atoms with Crippen molar-refractivity contribution in [3.63, 3.8) is 0 Å².